The van der Waals surface area contributed by atoms with Crippen LogP contribution in [0, 0.1) is 0 Å². The van der Waals surface area contributed by atoms with E-state index >= 15 is 0 Å². The van der Waals surface area contributed by atoms with Crippen molar-refractivity contribution in [2.75, 3.05) is 11.9 Å². The highest BCUT2D eigenvalue weighted by Gasteiger charge is 2.58. The van der Waals surface area contributed by atoms with Crippen molar-refractivity contribution in [1.82, 2.24) is 19.9 Å². The molecule has 0 spiro atoms. The summed E-state index contributed by atoms with van der Waals surface area (Å²) in [7, 11) is 0. The molecule has 2 aromatic heterocycles. The van der Waals surface area contributed by atoms with E-state index in [1.807, 2.05) is 6.92 Å². The van der Waals surface area contributed by atoms with Gasteiger partial charge in [-0.3, -0.25) is 4.79 Å². The number of nitrogens with one attached hydrogen (secondary N) is 2. The van der Waals surface area contributed by atoms with Crippen LogP contribution in [0.3, 0.4) is 0 Å². The topological polar surface area (TPSA) is 73.9 Å². The minimum atomic E-state index is -2.66. The van der Waals surface area contributed by atoms with Crippen molar-refractivity contribution in [3.8, 4) is 0 Å². The predicted molar refractivity (Wildman–Crippen MR) is 94.2 cm³/mol. The maximum absolute atomic E-state index is 13.6. The number of anilines is 1. The lowest BCUT2D eigenvalue weighted by molar-refractivity contribution is -0.129. The third-order valence-electron chi connectivity index (χ3n) is 5.38. The molecular formula is C18H21F2N5O. The van der Waals surface area contributed by atoms with Crippen LogP contribution in [0.2, 0.25) is 0 Å². The van der Waals surface area contributed by atoms with E-state index in [9.17, 15) is 13.6 Å². The number of aromatic nitrogens is 3. The van der Waals surface area contributed by atoms with E-state index in [2.05, 4.69) is 26.8 Å². The van der Waals surface area contributed by atoms with Crippen LogP contribution >= 0.6 is 0 Å². The Hall–Kier alpha value is -2.51. The molecule has 1 saturated heterocycles. The van der Waals surface area contributed by atoms with Gasteiger partial charge in [-0.2, -0.15) is 0 Å². The highest BCUT2D eigenvalue weighted by atomic mass is 19.3. The number of nitrogens with zero attached hydrogens (tertiary/aromatic N) is 3. The van der Waals surface area contributed by atoms with Crippen molar-refractivity contribution < 1.29 is 13.6 Å². The number of amides is 1. The van der Waals surface area contributed by atoms with Gasteiger partial charge in [-0.15, -0.1) is 0 Å². The molecule has 8 heteroatoms. The molecule has 0 bridgehead atoms. The number of halogens is 2. The fourth-order valence-corrected chi connectivity index (χ4v) is 3.76. The van der Waals surface area contributed by atoms with Crippen LogP contribution in [0.1, 0.15) is 37.7 Å². The van der Waals surface area contributed by atoms with Crippen molar-refractivity contribution in [2.24, 2.45) is 0 Å². The zero-order valence-corrected chi connectivity index (χ0v) is 14.5. The smallest absolute Gasteiger partial charge is 0.256 e. The van der Waals surface area contributed by atoms with Gasteiger partial charge in [0.05, 0.1) is 11.3 Å². The summed E-state index contributed by atoms with van der Waals surface area (Å²) in [5, 5.41) is 3.97. The molecule has 0 aromatic carbocycles. The fourth-order valence-electron chi connectivity index (χ4n) is 3.76. The molecule has 26 heavy (non-hydrogen) atoms. The number of H-pyrrole nitrogens is 1. The van der Waals surface area contributed by atoms with Crippen LogP contribution in [0.4, 0.5) is 14.6 Å². The minimum absolute atomic E-state index is 0.00402. The lowest BCUT2D eigenvalue weighted by Crippen LogP contribution is -2.49. The third kappa shape index (κ3) is 2.83. The summed E-state index contributed by atoms with van der Waals surface area (Å²) < 4.78 is 27.1. The van der Waals surface area contributed by atoms with E-state index in [0.717, 1.165) is 12.8 Å². The number of hydrogen-bond donors (Lipinski definition) is 2. The van der Waals surface area contributed by atoms with E-state index in [0.29, 0.717) is 29.0 Å². The Morgan fingerprint density at radius 1 is 1.46 bits per heavy atom. The van der Waals surface area contributed by atoms with Crippen molar-refractivity contribution in [3.05, 3.63) is 30.7 Å². The minimum Gasteiger partial charge on any atom is -0.365 e. The number of fused-ring (bicyclic) bond motifs is 1. The van der Waals surface area contributed by atoms with E-state index in [1.54, 1.807) is 11.1 Å². The molecule has 6 nitrogen and oxygen atoms in total. The molecule has 2 N–H and O–H groups in total. The molecular weight excluding hydrogens is 340 g/mol. The van der Waals surface area contributed by atoms with Crippen molar-refractivity contribution in [2.45, 2.75) is 50.1 Å². The number of rotatable bonds is 4. The van der Waals surface area contributed by atoms with E-state index < -0.39 is 11.8 Å². The number of carbonyl (C=O) groups excluding carboxylic acids is 1. The Morgan fingerprint density at radius 2 is 2.23 bits per heavy atom. The summed E-state index contributed by atoms with van der Waals surface area (Å²) in [6.07, 6.45) is 5.91. The molecule has 2 aliphatic rings. The number of hydrogen-bond acceptors (Lipinski definition) is 4. The molecule has 1 saturated carbocycles. The first-order chi connectivity index (χ1) is 12.4. The summed E-state index contributed by atoms with van der Waals surface area (Å²) in [5.74, 6) is -3.00. The third-order valence-corrected chi connectivity index (χ3v) is 5.38. The number of carbonyl (C=O) groups is 1. The van der Waals surface area contributed by atoms with Crippen LogP contribution in [-0.4, -0.2) is 50.3 Å². The van der Waals surface area contributed by atoms with Gasteiger partial charge in [-0.05, 0) is 31.4 Å². The van der Waals surface area contributed by atoms with Gasteiger partial charge in [0.1, 0.15) is 17.8 Å². The normalized spacial score (nSPS) is 27.3. The lowest BCUT2D eigenvalue weighted by atomic mass is 9.99. The highest BCUT2D eigenvalue weighted by molar-refractivity contribution is 5.91. The zero-order valence-electron chi connectivity index (χ0n) is 14.5. The van der Waals surface area contributed by atoms with Gasteiger partial charge in [0.25, 0.3) is 5.92 Å². The molecule has 2 fully saturated rings. The zero-order chi connectivity index (χ0) is 18.5. The average molecular weight is 361 g/mol. The van der Waals surface area contributed by atoms with Gasteiger partial charge in [0.2, 0.25) is 5.91 Å². The molecule has 1 aliphatic carbocycles. The van der Waals surface area contributed by atoms with E-state index in [4.69, 9.17) is 0 Å². The Kier molecular flexibility index (Phi) is 3.93. The van der Waals surface area contributed by atoms with Crippen molar-refractivity contribution in [1.29, 1.82) is 0 Å². The van der Waals surface area contributed by atoms with Crippen LogP contribution in [0.5, 0.6) is 0 Å². The molecule has 2 aromatic rings. The van der Waals surface area contributed by atoms with E-state index in [-0.39, 0.29) is 24.4 Å². The number of alkyl halides is 2. The Balaban J connectivity index is 1.60. The highest BCUT2D eigenvalue weighted by Crippen LogP contribution is 2.57. The van der Waals surface area contributed by atoms with Gasteiger partial charge < -0.3 is 15.2 Å². The summed E-state index contributed by atoms with van der Waals surface area (Å²) in [5.41, 5.74) is 1.10. The summed E-state index contributed by atoms with van der Waals surface area (Å²) in [6, 6.07) is 0.146. The largest absolute Gasteiger partial charge is 0.365 e. The second-order valence-corrected chi connectivity index (χ2v) is 7.17. The second-order valence-electron chi connectivity index (χ2n) is 7.17. The second kappa shape index (κ2) is 6.03. The molecule has 1 aliphatic heterocycles. The van der Waals surface area contributed by atoms with Gasteiger partial charge >= 0.3 is 0 Å². The molecule has 0 unspecified atom stereocenters. The Morgan fingerprint density at radius 3 is 2.92 bits per heavy atom. The predicted octanol–water partition coefficient (Wildman–Crippen LogP) is 3.06. The first kappa shape index (κ1) is 16.9. The molecule has 3 heterocycles. The van der Waals surface area contributed by atoms with Crippen LogP contribution in [0.25, 0.3) is 11.0 Å². The molecule has 138 valence electrons. The van der Waals surface area contributed by atoms with Crippen LogP contribution in [-0.2, 0) is 4.79 Å². The van der Waals surface area contributed by atoms with Gasteiger partial charge in [-0.1, -0.05) is 6.58 Å². The summed E-state index contributed by atoms with van der Waals surface area (Å²) >= 11 is 0. The van der Waals surface area contributed by atoms with Crippen molar-refractivity contribution >= 4 is 22.8 Å². The molecule has 4 rings (SSSR count). The lowest BCUT2D eigenvalue weighted by Gasteiger charge is -2.38. The van der Waals surface area contributed by atoms with E-state index in [1.165, 1.54) is 12.4 Å². The Labute approximate surface area is 149 Å². The Bertz CT molecular complexity index is 864. The first-order valence-electron chi connectivity index (χ1n) is 8.80. The monoisotopic (exact) mass is 361 g/mol. The maximum Gasteiger partial charge on any atom is 0.256 e. The number of likely N-dealkylation sites (tertiary alicyclic amines) is 1. The summed E-state index contributed by atoms with van der Waals surface area (Å²) in [4.78, 5) is 25.2. The number of piperidine rings is 1. The van der Waals surface area contributed by atoms with Crippen molar-refractivity contribution in [3.63, 3.8) is 0 Å². The number of aromatic amines is 1. The van der Waals surface area contributed by atoms with Crippen LogP contribution in [0.15, 0.2) is 25.2 Å². The fraction of sp³-hybridized carbons (Fsp3) is 0.500. The maximum atomic E-state index is 13.6. The summed E-state index contributed by atoms with van der Waals surface area (Å²) in [6.45, 7) is 6.10. The average Bonchev–Trinajstić information content (AvgIpc) is 3.05. The quantitative estimate of drug-likeness (QED) is 0.821. The van der Waals surface area contributed by atoms with Gasteiger partial charge in [0.15, 0.2) is 0 Å². The van der Waals surface area contributed by atoms with Gasteiger partial charge in [0, 0.05) is 31.2 Å². The standard InChI is InChI=1S/C18H21F2N5O/c1-3-14(26)25-8-11(5-4-10(25)2)24-17-15-12(13-6-18(13,19)20)7-21-16(15)22-9-23-17/h3,7,9-11,13H,1,4-6,8H2,2H3,(H2,21,22,23,24)/t10-,11+,13-/m0/s1. The molecule has 3 atom stereocenters. The SMILES string of the molecule is C=CC(=O)N1C[C@H](Nc2ncnc3[nH]cc([C@@H]4CC4(F)F)c23)CC[C@@H]1C. The molecule has 0 radical (unpaired) electrons. The van der Waals surface area contributed by atoms with Crippen LogP contribution < -0.4 is 5.32 Å². The molecule has 1 amide bonds. The first-order valence-corrected chi connectivity index (χ1v) is 8.80. The van der Waals surface area contributed by atoms with Gasteiger partial charge in [-0.25, -0.2) is 18.7 Å².